The zero-order valence-corrected chi connectivity index (χ0v) is 14.3. The molecule has 0 saturated carbocycles. The van der Waals surface area contributed by atoms with E-state index in [1.807, 2.05) is 5.38 Å². The molecule has 1 aliphatic heterocycles. The Morgan fingerprint density at radius 1 is 1.44 bits per heavy atom. The molecule has 132 valence electrons. The summed E-state index contributed by atoms with van der Waals surface area (Å²) in [5, 5.41) is 10.8. The van der Waals surface area contributed by atoms with Crippen molar-refractivity contribution in [1.82, 2.24) is 9.88 Å². The van der Waals surface area contributed by atoms with Crippen molar-refractivity contribution in [3.63, 3.8) is 0 Å². The Labute approximate surface area is 148 Å². The molecule has 1 aromatic heterocycles. The Bertz CT molecular complexity index is 734. The topological polar surface area (TPSA) is 89.0 Å². The fourth-order valence-electron chi connectivity index (χ4n) is 2.59. The fourth-order valence-corrected chi connectivity index (χ4v) is 3.13. The van der Waals surface area contributed by atoms with Gasteiger partial charge in [0.15, 0.2) is 0 Å². The lowest BCUT2D eigenvalue weighted by Crippen LogP contribution is -2.46. The standard InChI is InChI=1S/C17H18N2O5S/c20-16(21)7-15-8-19(4-5-23-15)17(22)12-2-1-3-14(6-12)24-9-13-10-25-11-18-13/h1-3,6,10-11,15H,4-5,7-9H2,(H,20,21). The van der Waals surface area contributed by atoms with E-state index in [0.717, 1.165) is 5.69 Å². The van der Waals surface area contributed by atoms with Gasteiger partial charge in [-0.25, -0.2) is 4.98 Å². The van der Waals surface area contributed by atoms with Gasteiger partial charge >= 0.3 is 5.97 Å². The Balaban J connectivity index is 1.63. The Morgan fingerprint density at radius 3 is 3.08 bits per heavy atom. The van der Waals surface area contributed by atoms with Gasteiger partial charge in [-0.1, -0.05) is 6.07 Å². The maximum Gasteiger partial charge on any atom is 0.306 e. The number of carbonyl (C=O) groups excluding carboxylic acids is 1. The summed E-state index contributed by atoms with van der Waals surface area (Å²) in [7, 11) is 0. The number of ether oxygens (including phenoxy) is 2. The van der Waals surface area contributed by atoms with E-state index in [2.05, 4.69) is 4.98 Å². The van der Waals surface area contributed by atoms with Crippen molar-refractivity contribution < 1.29 is 24.2 Å². The molecule has 1 fully saturated rings. The van der Waals surface area contributed by atoms with E-state index in [-0.39, 0.29) is 18.9 Å². The highest BCUT2D eigenvalue weighted by Gasteiger charge is 2.26. The van der Waals surface area contributed by atoms with Crippen LogP contribution in [-0.4, -0.2) is 52.7 Å². The number of rotatable bonds is 6. The molecule has 0 bridgehead atoms. The quantitative estimate of drug-likeness (QED) is 0.846. The van der Waals surface area contributed by atoms with Crippen LogP contribution in [0, 0.1) is 0 Å². The van der Waals surface area contributed by atoms with Gasteiger partial charge in [0, 0.05) is 24.0 Å². The number of carbonyl (C=O) groups is 2. The number of aliphatic carboxylic acids is 1. The van der Waals surface area contributed by atoms with Crippen LogP contribution < -0.4 is 4.74 Å². The van der Waals surface area contributed by atoms with E-state index in [1.165, 1.54) is 11.3 Å². The highest BCUT2D eigenvalue weighted by atomic mass is 32.1. The van der Waals surface area contributed by atoms with Crippen LogP contribution in [0.25, 0.3) is 0 Å². The lowest BCUT2D eigenvalue weighted by molar-refractivity contribution is -0.141. The minimum atomic E-state index is -0.934. The maximum absolute atomic E-state index is 12.7. The molecular weight excluding hydrogens is 344 g/mol. The molecule has 1 N–H and O–H groups in total. The summed E-state index contributed by atoms with van der Waals surface area (Å²) < 4.78 is 11.1. The Kier molecular flexibility index (Phi) is 5.62. The maximum atomic E-state index is 12.7. The number of hydrogen-bond donors (Lipinski definition) is 1. The van der Waals surface area contributed by atoms with Crippen LogP contribution in [0.3, 0.4) is 0 Å². The average Bonchev–Trinajstić information content (AvgIpc) is 3.13. The Hall–Kier alpha value is -2.45. The van der Waals surface area contributed by atoms with Crippen molar-refractivity contribution in [2.24, 2.45) is 0 Å². The molecule has 1 saturated heterocycles. The van der Waals surface area contributed by atoms with Gasteiger partial charge in [-0.3, -0.25) is 9.59 Å². The highest BCUT2D eigenvalue weighted by molar-refractivity contribution is 7.07. The van der Waals surface area contributed by atoms with Crippen molar-refractivity contribution in [3.8, 4) is 5.75 Å². The molecule has 0 radical (unpaired) electrons. The summed E-state index contributed by atoms with van der Waals surface area (Å²) >= 11 is 1.50. The summed E-state index contributed by atoms with van der Waals surface area (Å²) in [5.41, 5.74) is 3.09. The molecule has 2 heterocycles. The zero-order valence-electron chi connectivity index (χ0n) is 13.5. The number of amides is 1. The Morgan fingerprint density at radius 2 is 2.32 bits per heavy atom. The third kappa shape index (κ3) is 4.77. The molecule has 1 unspecified atom stereocenters. The van der Waals surface area contributed by atoms with Gasteiger partial charge in [0.1, 0.15) is 12.4 Å². The smallest absolute Gasteiger partial charge is 0.306 e. The molecule has 1 aromatic carbocycles. The van der Waals surface area contributed by atoms with Gasteiger partial charge in [0.25, 0.3) is 5.91 Å². The molecule has 7 nitrogen and oxygen atoms in total. The number of hydrogen-bond acceptors (Lipinski definition) is 6. The first-order valence-electron chi connectivity index (χ1n) is 7.84. The van der Waals surface area contributed by atoms with Crippen LogP contribution in [0.1, 0.15) is 22.5 Å². The molecule has 2 aromatic rings. The van der Waals surface area contributed by atoms with Gasteiger partial charge in [-0.05, 0) is 18.2 Å². The van der Waals surface area contributed by atoms with Gasteiger partial charge in [0.05, 0.1) is 30.3 Å². The van der Waals surface area contributed by atoms with E-state index in [0.29, 0.717) is 31.1 Å². The number of nitrogens with zero attached hydrogens (tertiary/aromatic N) is 2. The number of thiazole rings is 1. The van der Waals surface area contributed by atoms with Crippen molar-refractivity contribution >= 4 is 23.2 Å². The molecule has 25 heavy (non-hydrogen) atoms. The van der Waals surface area contributed by atoms with E-state index in [9.17, 15) is 9.59 Å². The van der Waals surface area contributed by atoms with Crippen LogP contribution in [0.15, 0.2) is 35.2 Å². The molecule has 0 spiro atoms. The number of aromatic nitrogens is 1. The van der Waals surface area contributed by atoms with Gasteiger partial charge in [-0.15, -0.1) is 11.3 Å². The second-order valence-electron chi connectivity index (χ2n) is 5.64. The van der Waals surface area contributed by atoms with Crippen LogP contribution in [0.5, 0.6) is 5.75 Å². The van der Waals surface area contributed by atoms with Gasteiger partial charge < -0.3 is 19.5 Å². The number of carboxylic acids is 1. The first kappa shape index (κ1) is 17.4. The van der Waals surface area contributed by atoms with Gasteiger partial charge in [-0.2, -0.15) is 0 Å². The second-order valence-corrected chi connectivity index (χ2v) is 6.36. The largest absolute Gasteiger partial charge is 0.487 e. The highest BCUT2D eigenvalue weighted by Crippen LogP contribution is 2.18. The predicted octanol–water partition coefficient (Wildman–Crippen LogP) is 2.04. The SMILES string of the molecule is O=C(O)CC1CN(C(=O)c2cccc(OCc3cscn3)c2)CCO1. The van der Waals surface area contributed by atoms with E-state index < -0.39 is 12.1 Å². The second kappa shape index (κ2) is 8.09. The van der Waals surface area contributed by atoms with E-state index in [4.69, 9.17) is 14.6 Å². The van der Waals surface area contributed by atoms with Crippen molar-refractivity contribution in [2.45, 2.75) is 19.1 Å². The van der Waals surface area contributed by atoms with Crippen LogP contribution in [0.4, 0.5) is 0 Å². The first-order valence-corrected chi connectivity index (χ1v) is 8.78. The van der Waals surface area contributed by atoms with Crippen LogP contribution >= 0.6 is 11.3 Å². The third-order valence-corrected chi connectivity index (χ3v) is 4.41. The zero-order chi connectivity index (χ0) is 17.6. The molecule has 3 rings (SSSR count). The molecule has 1 amide bonds. The van der Waals surface area contributed by atoms with Crippen LogP contribution in [0.2, 0.25) is 0 Å². The minimum Gasteiger partial charge on any atom is -0.487 e. The van der Waals surface area contributed by atoms with E-state index >= 15 is 0 Å². The monoisotopic (exact) mass is 362 g/mol. The molecule has 1 atom stereocenters. The number of morpholine rings is 1. The van der Waals surface area contributed by atoms with Crippen molar-refractivity contribution in [2.75, 3.05) is 19.7 Å². The minimum absolute atomic E-state index is 0.111. The van der Waals surface area contributed by atoms with Crippen molar-refractivity contribution in [1.29, 1.82) is 0 Å². The average molecular weight is 362 g/mol. The lowest BCUT2D eigenvalue weighted by Gasteiger charge is -2.32. The van der Waals surface area contributed by atoms with Crippen LogP contribution in [-0.2, 0) is 16.1 Å². The summed E-state index contributed by atoms with van der Waals surface area (Å²) in [6.07, 6.45) is -0.583. The lowest BCUT2D eigenvalue weighted by atomic mass is 10.1. The molecule has 8 heteroatoms. The molecule has 1 aliphatic rings. The summed E-state index contributed by atoms with van der Waals surface area (Å²) in [6, 6.07) is 6.96. The number of carboxylic acid groups (broad SMARTS) is 1. The summed E-state index contributed by atoms with van der Waals surface area (Å²) in [5.74, 6) is -0.497. The van der Waals surface area contributed by atoms with E-state index in [1.54, 1.807) is 34.7 Å². The molecular formula is C17H18N2O5S. The first-order chi connectivity index (χ1) is 12.1. The third-order valence-electron chi connectivity index (χ3n) is 3.78. The summed E-state index contributed by atoms with van der Waals surface area (Å²) in [4.78, 5) is 29.3. The predicted molar refractivity (Wildman–Crippen MR) is 90.8 cm³/mol. The normalized spacial score (nSPS) is 17.3. The fraction of sp³-hybridized carbons (Fsp3) is 0.353. The molecule has 0 aliphatic carbocycles. The van der Waals surface area contributed by atoms with Gasteiger partial charge in [0.2, 0.25) is 0 Å². The summed E-state index contributed by atoms with van der Waals surface area (Å²) in [6.45, 7) is 1.40. The van der Waals surface area contributed by atoms with Crippen molar-refractivity contribution in [3.05, 3.63) is 46.4 Å². The number of benzene rings is 1.